The van der Waals surface area contributed by atoms with Crippen LogP contribution in [0, 0.1) is 0 Å². The maximum atomic E-state index is 11.9. The number of amides is 1. The SMILES string of the molecule is CC(Sc1cccc(Br)c1)C(=O)NC(C)(C)C. The average Bonchev–Trinajstić information content (AvgIpc) is 2.14. The Morgan fingerprint density at radius 2 is 2.06 bits per heavy atom. The van der Waals surface area contributed by atoms with E-state index in [2.05, 4.69) is 21.2 Å². The van der Waals surface area contributed by atoms with Gasteiger partial charge >= 0.3 is 0 Å². The van der Waals surface area contributed by atoms with Crippen LogP contribution in [-0.4, -0.2) is 16.7 Å². The Kier molecular flexibility index (Phi) is 5.07. The smallest absolute Gasteiger partial charge is 0.233 e. The zero-order valence-corrected chi connectivity index (χ0v) is 13.0. The van der Waals surface area contributed by atoms with Gasteiger partial charge in [-0.2, -0.15) is 0 Å². The summed E-state index contributed by atoms with van der Waals surface area (Å²) in [4.78, 5) is 13.0. The molecular weight excluding hydrogens is 298 g/mol. The Labute approximate surface area is 116 Å². The first kappa shape index (κ1) is 14.6. The Morgan fingerprint density at radius 1 is 1.41 bits per heavy atom. The van der Waals surface area contributed by atoms with E-state index in [0.29, 0.717) is 0 Å². The van der Waals surface area contributed by atoms with E-state index in [1.807, 2.05) is 52.0 Å². The molecule has 0 radical (unpaired) electrons. The van der Waals surface area contributed by atoms with Crippen LogP contribution in [0.3, 0.4) is 0 Å². The number of carbonyl (C=O) groups excluding carboxylic acids is 1. The quantitative estimate of drug-likeness (QED) is 0.858. The lowest BCUT2D eigenvalue weighted by molar-refractivity contribution is -0.121. The van der Waals surface area contributed by atoms with Crippen LogP contribution in [-0.2, 0) is 4.79 Å². The fourth-order valence-electron chi connectivity index (χ4n) is 1.27. The van der Waals surface area contributed by atoms with E-state index in [1.165, 1.54) is 0 Å². The molecule has 1 N–H and O–H groups in total. The fraction of sp³-hybridized carbons (Fsp3) is 0.462. The second-order valence-corrected chi connectivity index (χ2v) is 7.29. The Morgan fingerprint density at radius 3 is 2.59 bits per heavy atom. The van der Waals surface area contributed by atoms with Gasteiger partial charge in [-0.25, -0.2) is 0 Å². The first-order valence-corrected chi connectivity index (χ1v) is 7.19. The number of carbonyl (C=O) groups is 1. The van der Waals surface area contributed by atoms with Gasteiger partial charge in [0.1, 0.15) is 0 Å². The molecule has 4 heteroatoms. The van der Waals surface area contributed by atoms with Gasteiger partial charge in [-0.3, -0.25) is 4.79 Å². The lowest BCUT2D eigenvalue weighted by Crippen LogP contribution is -2.44. The Bertz CT molecular complexity index is 401. The van der Waals surface area contributed by atoms with Crippen molar-refractivity contribution in [1.82, 2.24) is 5.32 Å². The molecule has 0 spiro atoms. The summed E-state index contributed by atoms with van der Waals surface area (Å²) in [5.74, 6) is 0.0717. The molecule has 0 saturated carbocycles. The third kappa shape index (κ3) is 5.59. The maximum Gasteiger partial charge on any atom is 0.233 e. The summed E-state index contributed by atoms with van der Waals surface area (Å²) in [7, 11) is 0. The zero-order chi connectivity index (χ0) is 13.1. The first-order chi connectivity index (χ1) is 7.78. The van der Waals surface area contributed by atoms with Gasteiger partial charge in [0.15, 0.2) is 0 Å². The van der Waals surface area contributed by atoms with Gasteiger partial charge in [0.05, 0.1) is 5.25 Å². The van der Waals surface area contributed by atoms with Gasteiger partial charge in [0.25, 0.3) is 0 Å². The highest BCUT2D eigenvalue weighted by Gasteiger charge is 2.19. The predicted molar refractivity (Wildman–Crippen MR) is 77.4 cm³/mol. The van der Waals surface area contributed by atoms with Crippen LogP contribution in [0.4, 0.5) is 0 Å². The molecule has 1 aromatic rings. The monoisotopic (exact) mass is 315 g/mol. The molecule has 17 heavy (non-hydrogen) atoms. The van der Waals surface area contributed by atoms with Gasteiger partial charge in [0, 0.05) is 14.9 Å². The minimum absolute atomic E-state index is 0.0717. The molecule has 1 unspecified atom stereocenters. The minimum Gasteiger partial charge on any atom is -0.351 e. The largest absolute Gasteiger partial charge is 0.351 e. The maximum absolute atomic E-state index is 11.9. The second kappa shape index (κ2) is 5.91. The zero-order valence-electron chi connectivity index (χ0n) is 10.6. The standard InChI is InChI=1S/C13H18BrNOS/c1-9(12(16)15-13(2,3)4)17-11-7-5-6-10(14)8-11/h5-9H,1-4H3,(H,15,16). The van der Waals surface area contributed by atoms with E-state index in [4.69, 9.17) is 0 Å². The minimum atomic E-state index is -0.177. The molecular formula is C13H18BrNOS. The van der Waals surface area contributed by atoms with Crippen LogP contribution < -0.4 is 5.32 Å². The molecule has 0 aliphatic carbocycles. The van der Waals surface area contributed by atoms with Crippen molar-refractivity contribution in [2.45, 2.75) is 43.4 Å². The number of hydrogen-bond donors (Lipinski definition) is 1. The van der Waals surface area contributed by atoms with Crippen molar-refractivity contribution in [2.75, 3.05) is 0 Å². The number of rotatable bonds is 3. The van der Waals surface area contributed by atoms with E-state index in [9.17, 15) is 4.79 Å². The molecule has 1 atom stereocenters. The molecule has 0 fully saturated rings. The Hall–Kier alpha value is -0.480. The molecule has 0 aliphatic rings. The van der Waals surface area contributed by atoms with Crippen molar-refractivity contribution in [3.63, 3.8) is 0 Å². The van der Waals surface area contributed by atoms with Gasteiger partial charge < -0.3 is 5.32 Å². The third-order valence-electron chi connectivity index (χ3n) is 1.98. The normalized spacial score (nSPS) is 13.2. The van der Waals surface area contributed by atoms with E-state index in [0.717, 1.165) is 9.37 Å². The van der Waals surface area contributed by atoms with Crippen LogP contribution in [0.2, 0.25) is 0 Å². The van der Waals surface area contributed by atoms with E-state index < -0.39 is 0 Å². The summed E-state index contributed by atoms with van der Waals surface area (Å²) in [6.45, 7) is 7.89. The first-order valence-electron chi connectivity index (χ1n) is 5.52. The van der Waals surface area contributed by atoms with Crippen molar-refractivity contribution in [2.24, 2.45) is 0 Å². The molecule has 0 heterocycles. The van der Waals surface area contributed by atoms with E-state index in [1.54, 1.807) is 11.8 Å². The molecule has 2 nitrogen and oxygen atoms in total. The highest BCUT2D eigenvalue weighted by atomic mass is 79.9. The predicted octanol–water partition coefficient (Wildman–Crippen LogP) is 3.84. The summed E-state index contributed by atoms with van der Waals surface area (Å²) in [5, 5.41) is 2.89. The topological polar surface area (TPSA) is 29.1 Å². The number of benzene rings is 1. The number of nitrogens with one attached hydrogen (secondary N) is 1. The average molecular weight is 316 g/mol. The molecule has 0 aromatic heterocycles. The fourth-order valence-corrected chi connectivity index (χ4v) is 2.75. The van der Waals surface area contributed by atoms with Gasteiger partial charge in [0.2, 0.25) is 5.91 Å². The highest BCUT2D eigenvalue weighted by molar-refractivity contribution is 9.10. The van der Waals surface area contributed by atoms with Crippen LogP contribution in [0.15, 0.2) is 33.6 Å². The van der Waals surface area contributed by atoms with Gasteiger partial charge in [-0.05, 0) is 45.9 Å². The molecule has 94 valence electrons. The number of thioether (sulfide) groups is 1. The highest BCUT2D eigenvalue weighted by Crippen LogP contribution is 2.26. The van der Waals surface area contributed by atoms with Crippen LogP contribution >= 0.6 is 27.7 Å². The van der Waals surface area contributed by atoms with Crippen molar-refractivity contribution in [1.29, 1.82) is 0 Å². The number of hydrogen-bond acceptors (Lipinski definition) is 2. The van der Waals surface area contributed by atoms with Crippen LogP contribution in [0.25, 0.3) is 0 Å². The molecule has 1 amide bonds. The summed E-state index contributed by atoms with van der Waals surface area (Å²) in [6.07, 6.45) is 0. The molecule has 1 rings (SSSR count). The van der Waals surface area contributed by atoms with Crippen molar-refractivity contribution < 1.29 is 4.79 Å². The summed E-state index contributed by atoms with van der Waals surface area (Å²) < 4.78 is 1.03. The van der Waals surface area contributed by atoms with Crippen LogP contribution in [0.5, 0.6) is 0 Å². The summed E-state index contributed by atoms with van der Waals surface area (Å²) in [5.41, 5.74) is -0.177. The molecule has 0 aliphatic heterocycles. The van der Waals surface area contributed by atoms with E-state index >= 15 is 0 Å². The number of halogens is 1. The lowest BCUT2D eigenvalue weighted by Gasteiger charge is -2.23. The van der Waals surface area contributed by atoms with Crippen molar-refractivity contribution >= 4 is 33.6 Å². The molecule has 0 saturated heterocycles. The van der Waals surface area contributed by atoms with E-state index in [-0.39, 0.29) is 16.7 Å². The molecule has 1 aromatic carbocycles. The lowest BCUT2D eigenvalue weighted by atomic mass is 10.1. The van der Waals surface area contributed by atoms with Crippen molar-refractivity contribution in [3.8, 4) is 0 Å². The van der Waals surface area contributed by atoms with Gasteiger partial charge in [-0.15, -0.1) is 11.8 Å². The second-order valence-electron chi connectivity index (χ2n) is 4.96. The van der Waals surface area contributed by atoms with Crippen molar-refractivity contribution in [3.05, 3.63) is 28.7 Å². The summed E-state index contributed by atoms with van der Waals surface area (Å²) >= 11 is 4.99. The van der Waals surface area contributed by atoms with Gasteiger partial charge in [-0.1, -0.05) is 22.0 Å². The molecule has 0 bridgehead atoms. The summed E-state index contributed by atoms with van der Waals surface area (Å²) in [6, 6.07) is 7.98. The van der Waals surface area contributed by atoms with Crippen LogP contribution in [0.1, 0.15) is 27.7 Å². The Balaban J connectivity index is 2.60. The third-order valence-corrected chi connectivity index (χ3v) is 3.56.